The van der Waals surface area contributed by atoms with Crippen LogP contribution in [-0.2, 0) is 12.8 Å². The first kappa shape index (κ1) is 12.7. The molecule has 0 amide bonds. The molecule has 108 valence electrons. The van der Waals surface area contributed by atoms with Gasteiger partial charge in [0.25, 0.3) is 0 Å². The van der Waals surface area contributed by atoms with Crippen LogP contribution in [0.1, 0.15) is 22.7 Å². The van der Waals surface area contributed by atoms with Crippen LogP contribution in [0.2, 0.25) is 0 Å². The lowest BCUT2D eigenvalue weighted by Gasteiger charge is -2.34. The number of fused-ring (bicyclic) bond motifs is 1. The predicted molar refractivity (Wildman–Crippen MR) is 82.3 cm³/mol. The lowest BCUT2D eigenvalue weighted by molar-refractivity contribution is 0.229. The van der Waals surface area contributed by atoms with Gasteiger partial charge >= 0.3 is 0 Å². The molecule has 2 heterocycles. The largest absolute Gasteiger partial charge is 0.497 e. The van der Waals surface area contributed by atoms with Gasteiger partial charge in [-0.1, -0.05) is 12.1 Å². The van der Waals surface area contributed by atoms with Gasteiger partial charge in [-0.3, -0.25) is 4.90 Å². The monoisotopic (exact) mass is 281 g/mol. The summed E-state index contributed by atoms with van der Waals surface area (Å²) in [6.45, 7) is 1.10. The number of hydrogen-bond acceptors (Lipinski definition) is 3. The predicted octanol–water partition coefficient (Wildman–Crippen LogP) is 3.57. The summed E-state index contributed by atoms with van der Waals surface area (Å²) < 4.78 is 11.6. The van der Waals surface area contributed by atoms with Crippen molar-refractivity contribution in [1.82, 2.24) is 4.90 Å². The average Bonchev–Trinajstić information content (AvgIpc) is 2.68. The second-order valence-corrected chi connectivity index (χ2v) is 5.86. The second-order valence-electron chi connectivity index (χ2n) is 5.86. The maximum Gasteiger partial charge on any atom is 0.132 e. The number of nitrogens with zero attached hydrogens (tertiary/aromatic N) is 1. The van der Waals surface area contributed by atoms with Crippen LogP contribution in [0.25, 0.3) is 0 Å². The van der Waals surface area contributed by atoms with E-state index in [4.69, 9.17) is 9.47 Å². The minimum Gasteiger partial charge on any atom is -0.497 e. The third kappa shape index (κ3) is 2.00. The Balaban J connectivity index is 1.88. The molecule has 0 saturated carbocycles. The van der Waals surface area contributed by atoms with E-state index in [1.54, 1.807) is 7.11 Å². The molecule has 2 aliphatic heterocycles. The van der Waals surface area contributed by atoms with Crippen molar-refractivity contribution >= 4 is 0 Å². The van der Waals surface area contributed by atoms with E-state index in [0.717, 1.165) is 36.6 Å². The van der Waals surface area contributed by atoms with Crippen molar-refractivity contribution < 1.29 is 9.47 Å². The molecule has 0 aromatic heterocycles. The second kappa shape index (κ2) is 4.78. The van der Waals surface area contributed by atoms with Gasteiger partial charge in [0.15, 0.2) is 0 Å². The van der Waals surface area contributed by atoms with E-state index in [9.17, 15) is 0 Å². The van der Waals surface area contributed by atoms with E-state index < -0.39 is 0 Å². The fourth-order valence-electron chi connectivity index (χ4n) is 3.47. The van der Waals surface area contributed by atoms with Gasteiger partial charge in [0.2, 0.25) is 0 Å². The van der Waals surface area contributed by atoms with E-state index >= 15 is 0 Å². The molecule has 3 heteroatoms. The molecule has 4 rings (SSSR count). The molecule has 2 aromatic carbocycles. The van der Waals surface area contributed by atoms with Crippen LogP contribution in [0.4, 0.5) is 0 Å². The molecule has 0 N–H and O–H groups in total. The highest BCUT2D eigenvalue weighted by molar-refractivity contribution is 5.52. The number of ether oxygens (including phenoxy) is 2. The van der Waals surface area contributed by atoms with Crippen LogP contribution in [0.3, 0.4) is 0 Å². The first-order valence-electron chi connectivity index (χ1n) is 7.43. The van der Waals surface area contributed by atoms with Gasteiger partial charge < -0.3 is 9.47 Å². The first-order chi connectivity index (χ1) is 10.3. The molecule has 0 aliphatic carbocycles. The highest BCUT2D eigenvalue weighted by atomic mass is 16.5. The molecule has 0 fully saturated rings. The van der Waals surface area contributed by atoms with Gasteiger partial charge in [0, 0.05) is 23.7 Å². The first-order valence-corrected chi connectivity index (χ1v) is 7.43. The summed E-state index contributed by atoms with van der Waals surface area (Å²) in [4.78, 5) is 2.43. The van der Waals surface area contributed by atoms with Gasteiger partial charge in [-0.15, -0.1) is 0 Å². The van der Waals surface area contributed by atoms with Crippen molar-refractivity contribution in [2.24, 2.45) is 0 Å². The maximum absolute atomic E-state index is 6.21. The molecular weight excluding hydrogens is 262 g/mol. The highest BCUT2D eigenvalue weighted by Crippen LogP contribution is 2.44. The highest BCUT2D eigenvalue weighted by Gasteiger charge is 2.31. The molecule has 1 atom stereocenters. The van der Waals surface area contributed by atoms with Crippen molar-refractivity contribution in [2.45, 2.75) is 18.9 Å². The quantitative estimate of drug-likeness (QED) is 0.797. The molecule has 2 aromatic rings. The van der Waals surface area contributed by atoms with Crippen molar-refractivity contribution in [3.05, 3.63) is 53.1 Å². The van der Waals surface area contributed by atoms with Crippen LogP contribution in [0, 0.1) is 0 Å². The van der Waals surface area contributed by atoms with E-state index in [0.29, 0.717) is 6.04 Å². The Morgan fingerprint density at radius 1 is 1.14 bits per heavy atom. The van der Waals surface area contributed by atoms with E-state index in [2.05, 4.69) is 36.2 Å². The summed E-state index contributed by atoms with van der Waals surface area (Å²) in [5.41, 5.74) is 4.01. The zero-order valence-corrected chi connectivity index (χ0v) is 12.4. The van der Waals surface area contributed by atoms with Crippen molar-refractivity contribution in [3.8, 4) is 17.2 Å². The summed E-state index contributed by atoms with van der Waals surface area (Å²) in [5.74, 6) is 2.85. The Kier molecular flexibility index (Phi) is 2.89. The van der Waals surface area contributed by atoms with Crippen LogP contribution in [0.5, 0.6) is 17.2 Å². The Hall–Kier alpha value is -2.00. The lowest BCUT2D eigenvalue weighted by atomic mass is 9.89. The summed E-state index contributed by atoms with van der Waals surface area (Å²) in [7, 11) is 3.91. The van der Waals surface area contributed by atoms with Gasteiger partial charge in [-0.05, 0) is 49.7 Å². The topological polar surface area (TPSA) is 21.7 Å². The summed E-state index contributed by atoms with van der Waals surface area (Å²) in [6.07, 6.45) is 2.06. The normalized spacial score (nSPS) is 20.0. The zero-order valence-electron chi connectivity index (χ0n) is 12.4. The van der Waals surface area contributed by atoms with Gasteiger partial charge in [-0.2, -0.15) is 0 Å². The Bertz CT molecular complexity index is 696. The molecule has 0 radical (unpaired) electrons. The molecule has 21 heavy (non-hydrogen) atoms. The standard InChI is InChI=1S/C18H19NO2/c1-19-9-8-12-4-3-5-17-18(12)15(19)11-13-10-14(20-2)6-7-16(13)21-17/h3-7,10,15H,8-9,11H2,1-2H3. The van der Waals surface area contributed by atoms with Crippen LogP contribution < -0.4 is 9.47 Å². The van der Waals surface area contributed by atoms with E-state index in [1.165, 1.54) is 16.7 Å². The van der Waals surface area contributed by atoms with Crippen molar-refractivity contribution in [1.29, 1.82) is 0 Å². The number of rotatable bonds is 1. The zero-order chi connectivity index (χ0) is 14.4. The Morgan fingerprint density at radius 3 is 2.90 bits per heavy atom. The third-order valence-corrected chi connectivity index (χ3v) is 4.66. The summed E-state index contributed by atoms with van der Waals surface area (Å²) in [5, 5.41) is 0. The molecule has 2 aliphatic rings. The van der Waals surface area contributed by atoms with Crippen molar-refractivity contribution in [2.75, 3.05) is 20.7 Å². The molecule has 0 bridgehead atoms. The fraction of sp³-hybridized carbons (Fsp3) is 0.333. The van der Waals surface area contributed by atoms with Crippen LogP contribution >= 0.6 is 0 Å². The number of hydrogen-bond donors (Lipinski definition) is 0. The SMILES string of the molecule is COc1ccc2c(c1)CC1c3c(cccc3O2)CCN1C. The summed E-state index contributed by atoms with van der Waals surface area (Å²) in [6, 6.07) is 12.9. The van der Waals surface area contributed by atoms with Gasteiger partial charge in [-0.25, -0.2) is 0 Å². The molecule has 3 nitrogen and oxygen atoms in total. The summed E-state index contributed by atoms with van der Waals surface area (Å²) >= 11 is 0. The van der Waals surface area contributed by atoms with E-state index in [1.807, 2.05) is 12.1 Å². The molecule has 0 saturated heterocycles. The van der Waals surface area contributed by atoms with Crippen molar-refractivity contribution in [3.63, 3.8) is 0 Å². The maximum atomic E-state index is 6.21. The molecular formula is C18H19NO2. The van der Waals surface area contributed by atoms with Crippen LogP contribution in [0.15, 0.2) is 36.4 Å². The number of likely N-dealkylation sites (N-methyl/N-ethyl adjacent to an activating group) is 1. The van der Waals surface area contributed by atoms with Gasteiger partial charge in [0.05, 0.1) is 7.11 Å². The van der Waals surface area contributed by atoms with Crippen LogP contribution in [-0.4, -0.2) is 25.6 Å². The average molecular weight is 281 g/mol. The number of benzene rings is 2. The Labute approximate surface area is 125 Å². The molecule has 1 unspecified atom stereocenters. The smallest absolute Gasteiger partial charge is 0.132 e. The molecule has 0 spiro atoms. The fourth-order valence-corrected chi connectivity index (χ4v) is 3.47. The number of methoxy groups -OCH3 is 1. The lowest BCUT2D eigenvalue weighted by Crippen LogP contribution is -2.33. The van der Waals surface area contributed by atoms with Gasteiger partial charge in [0.1, 0.15) is 17.2 Å². The minimum absolute atomic E-state index is 0.387. The Morgan fingerprint density at radius 2 is 2.05 bits per heavy atom. The third-order valence-electron chi connectivity index (χ3n) is 4.66. The minimum atomic E-state index is 0.387. The van der Waals surface area contributed by atoms with E-state index in [-0.39, 0.29) is 0 Å².